The van der Waals surface area contributed by atoms with Gasteiger partial charge in [-0.15, -0.1) is 0 Å². The number of hydrogen-bond donors (Lipinski definition) is 10. The number of aliphatic carboxylic acids is 1. The number of nitrogen functional groups attached to an aromatic ring is 1. The van der Waals surface area contributed by atoms with E-state index in [-0.39, 0.29) is 55.1 Å². The Labute approximate surface area is 339 Å². The number of carbonyl (C=O) groups is 4. The standard InChI is InChI=1S/C28H46N7O20P3S/c1-28(2,23(41)26(42)31-9-8-17(36)30-10-11-59-54-19(39)7-5-3-4-6-18(37)38)13-51-58(48,49)55-57(46,47)50-12-16-22(53-56(43,44)45)21(40)27(52-16)35-15-34-20-24(29)32-14-33-25(20)35/h14-16,21-23,27,40-41H,3-13H2,1-2H3,(H,30,36)(H,31,42)(H,37,38)(H,46,47)(H,48,49)(H2,29,32,33)(H2,43,44,45)/t16-,21-,22-,23?,27-/m1/s1. The van der Waals surface area contributed by atoms with Crippen LogP contribution in [0.5, 0.6) is 0 Å². The smallest absolute Gasteiger partial charge is 0.481 e. The molecular formula is C28H46N7O20P3S. The fourth-order valence-corrected chi connectivity index (χ4v) is 8.36. The number of phosphoric acid groups is 3. The second-order valence-corrected chi connectivity index (χ2v) is 18.3. The summed E-state index contributed by atoms with van der Waals surface area (Å²) >= 11 is 0.819. The number of carbonyl (C=O) groups excluding carboxylic acids is 3. The number of unbranched alkanes of at least 4 members (excludes halogenated alkanes) is 2. The molecule has 31 heteroatoms. The van der Waals surface area contributed by atoms with Crippen molar-refractivity contribution in [1.82, 2.24) is 30.2 Å². The maximum Gasteiger partial charge on any atom is 0.481 e. The number of aromatic nitrogens is 4. The fourth-order valence-electron chi connectivity index (χ4n) is 5.04. The van der Waals surface area contributed by atoms with Gasteiger partial charge < -0.3 is 60.2 Å². The van der Waals surface area contributed by atoms with Crippen LogP contribution in [0.15, 0.2) is 12.7 Å². The normalized spacial score (nSPS) is 21.0. The number of carboxylic acids is 1. The molecule has 1 saturated heterocycles. The highest BCUT2D eigenvalue weighted by molar-refractivity contribution is 7.95. The number of fused-ring (bicyclic) bond motifs is 1. The van der Waals surface area contributed by atoms with Crippen LogP contribution in [0.25, 0.3) is 11.2 Å². The van der Waals surface area contributed by atoms with Gasteiger partial charge in [0.15, 0.2) is 17.7 Å². The number of nitrogens with zero attached hydrogens (tertiary/aromatic N) is 4. The van der Waals surface area contributed by atoms with Gasteiger partial charge in [0.2, 0.25) is 11.8 Å². The fraction of sp³-hybridized carbons (Fsp3) is 0.679. The van der Waals surface area contributed by atoms with Crippen LogP contribution in [-0.2, 0) is 59.7 Å². The maximum absolute atomic E-state index is 12.7. The van der Waals surface area contributed by atoms with Crippen molar-refractivity contribution >= 4 is 76.2 Å². The van der Waals surface area contributed by atoms with E-state index in [0.29, 0.717) is 19.3 Å². The molecule has 0 aromatic carbocycles. The monoisotopic (exact) mass is 925 g/mol. The summed E-state index contributed by atoms with van der Waals surface area (Å²) in [4.78, 5) is 97.7. The number of amides is 2. The van der Waals surface area contributed by atoms with E-state index in [4.69, 9.17) is 28.8 Å². The van der Waals surface area contributed by atoms with Crippen molar-refractivity contribution in [2.75, 3.05) is 37.8 Å². The first-order valence-corrected chi connectivity index (χ1v) is 22.8. The third kappa shape index (κ3) is 16.7. The lowest BCUT2D eigenvalue weighted by molar-refractivity contribution is -0.137. The van der Waals surface area contributed by atoms with Gasteiger partial charge in [-0.05, 0) is 12.8 Å². The maximum atomic E-state index is 12.7. The lowest BCUT2D eigenvalue weighted by Gasteiger charge is -2.30. The summed E-state index contributed by atoms with van der Waals surface area (Å²) in [6, 6.07) is 0. The van der Waals surface area contributed by atoms with Gasteiger partial charge in [-0.25, -0.2) is 28.6 Å². The van der Waals surface area contributed by atoms with Crippen molar-refractivity contribution in [3.05, 3.63) is 12.7 Å². The number of imidazole rings is 1. The summed E-state index contributed by atoms with van der Waals surface area (Å²) < 4.78 is 67.0. The number of aliphatic hydroxyl groups excluding tert-OH is 2. The van der Waals surface area contributed by atoms with Gasteiger partial charge in [-0.3, -0.25) is 37.3 Å². The number of nitrogens with one attached hydrogen (secondary N) is 2. The van der Waals surface area contributed by atoms with E-state index < -0.39 is 96.5 Å². The van der Waals surface area contributed by atoms with E-state index in [0.717, 1.165) is 29.3 Å². The number of nitrogens with two attached hydrogens (primary N) is 1. The van der Waals surface area contributed by atoms with Crippen LogP contribution >= 0.6 is 35.5 Å². The highest BCUT2D eigenvalue weighted by Crippen LogP contribution is 2.61. The van der Waals surface area contributed by atoms with Crippen LogP contribution in [0, 0.1) is 5.41 Å². The van der Waals surface area contributed by atoms with Gasteiger partial charge in [0.05, 0.1) is 31.6 Å². The molecule has 27 nitrogen and oxygen atoms in total. The Morgan fingerprint density at radius 1 is 0.983 bits per heavy atom. The minimum absolute atomic E-state index is 0.0206. The van der Waals surface area contributed by atoms with Crippen LogP contribution in [-0.4, -0.2) is 135 Å². The second kappa shape index (κ2) is 22.1. The molecule has 1 aliphatic heterocycles. The van der Waals surface area contributed by atoms with Crippen LogP contribution in [0.4, 0.5) is 5.82 Å². The first kappa shape index (κ1) is 50.2. The molecule has 334 valence electrons. The van der Waals surface area contributed by atoms with Crippen molar-refractivity contribution in [2.45, 2.75) is 83.0 Å². The topological polar surface area (TPSA) is 410 Å². The summed E-state index contributed by atoms with van der Waals surface area (Å²) in [5.74, 6) is -2.72. The third-order valence-electron chi connectivity index (χ3n) is 8.01. The molecule has 0 aliphatic carbocycles. The van der Waals surface area contributed by atoms with Gasteiger partial charge in [-0.2, -0.15) is 4.31 Å². The van der Waals surface area contributed by atoms with Crippen molar-refractivity contribution in [3.8, 4) is 0 Å². The average Bonchev–Trinajstić information content (AvgIpc) is 3.69. The molecule has 2 amide bonds. The molecule has 7 atom stereocenters. The van der Waals surface area contributed by atoms with Crippen molar-refractivity contribution < 1.29 is 94.6 Å². The summed E-state index contributed by atoms with van der Waals surface area (Å²) in [5.41, 5.74) is 4.21. The Kier molecular flexibility index (Phi) is 18.8. The molecule has 2 aromatic heterocycles. The first-order chi connectivity index (χ1) is 27.4. The van der Waals surface area contributed by atoms with E-state index in [1.54, 1.807) is 0 Å². The van der Waals surface area contributed by atoms with Gasteiger partial charge in [0.1, 0.15) is 36.3 Å². The van der Waals surface area contributed by atoms with Crippen molar-refractivity contribution in [2.24, 2.45) is 5.41 Å². The van der Waals surface area contributed by atoms with Crippen LogP contribution in [0.3, 0.4) is 0 Å². The zero-order chi connectivity index (χ0) is 44.2. The molecule has 3 heterocycles. The van der Waals surface area contributed by atoms with E-state index in [2.05, 4.69) is 34.4 Å². The van der Waals surface area contributed by atoms with Gasteiger partial charge in [-0.1, -0.05) is 20.3 Å². The molecule has 0 radical (unpaired) electrons. The third-order valence-corrected chi connectivity index (χ3v) is 11.8. The Hall–Kier alpha value is -3.17. The van der Waals surface area contributed by atoms with Crippen LogP contribution in [0.2, 0.25) is 0 Å². The minimum atomic E-state index is -5.59. The number of rotatable bonds is 26. The summed E-state index contributed by atoms with van der Waals surface area (Å²) in [6.45, 7) is 0.283. The molecule has 0 bridgehead atoms. The van der Waals surface area contributed by atoms with E-state index in [1.807, 2.05) is 0 Å². The van der Waals surface area contributed by atoms with Gasteiger partial charge >= 0.3 is 35.4 Å². The molecule has 0 spiro atoms. The first-order valence-electron chi connectivity index (χ1n) is 17.3. The zero-order valence-electron chi connectivity index (χ0n) is 31.4. The molecule has 3 rings (SSSR count). The van der Waals surface area contributed by atoms with Crippen molar-refractivity contribution in [3.63, 3.8) is 0 Å². The molecule has 1 aliphatic rings. The number of phosphoric ester groups is 3. The molecule has 59 heavy (non-hydrogen) atoms. The van der Waals surface area contributed by atoms with Crippen molar-refractivity contribution in [1.29, 1.82) is 0 Å². The van der Waals surface area contributed by atoms with Gasteiger partial charge in [0.25, 0.3) is 0 Å². The van der Waals surface area contributed by atoms with E-state index in [1.165, 1.54) is 13.8 Å². The quantitative estimate of drug-likeness (QED) is 0.0327. The molecule has 1 fully saturated rings. The highest BCUT2D eigenvalue weighted by Gasteiger charge is 2.50. The Morgan fingerprint density at radius 2 is 1.66 bits per heavy atom. The molecule has 11 N–H and O–H groups in total. The van der Waals surface area contributed by atoms with Crippen LogP contribution in [0.1, 0.15) is 58.6 Å². The molecule has 2 aromatic rings. The minimum Gasteiger partial charge on any atom is -0.481 e. The van der Waals surface area contributed by atoms with Gasteiger partial charge in [0, 0.05) is 43.5 Å². The highest BCUT2D eigenvalue weighted by atomic mass is 32.2. The lowest BCUT2D eigenvalue weighted by Crippen LogP contribution is -2.46. The molecule has 3 unspecified atom stereocenters. The SMILES string of the molecule is CC(C)(COP(=O)(O)OP(=O)(O)OC[C@H]1O[C@@H](n2cnc3c(N)ncnc32)[C@H](O)[C@@H]1OP(=O)(O)O)C(O)C(=O)NCCC(=O)NCCSOC(=O)CCCCCC(=O)O. The summed E-state index contributed by atoms with van der Waals surface area (Å²) in [6.07, 6.45) is -5.42. The Morgan fingerprint density at radius 3 is 2.34 bits per heavy atom. The lowest BCUT2D eigenvalue weighted by atomic mass is 9.87. The summed E-state index contributed by atoms with van der Waals surface area (Å²) in [5, 5.41) is 34.9. The van der Waals surface area contributed by atoms with E-state index in [9.17, 15) is 62.7 Å². The van der Waals surface area contributed by atoms with E-state index >= 15 is 0 Å². The molecular weight excluding hydrogens is 879 g/mol. The Balaban J connectivity index is 1.42. The number of anilines is 1. The predicted octanol–water partition coefficient (Wildman–Crippen LogP) is -0.369. The summed E-state index contributed by atoms with van der Waals surface area (Å²) in [7, 11) is -16.4. The number of ether oxygens (including phenoxy) is 1. The number of carboxylic acid groups (broad SMARTS) is 1. The number of aliphatic hydroxyl groups is 2. The van der Waals surface area contributed by atoms with Crippen LogP contribution < -0.4 is 16.4 Å². The second-order valence-electron chi connectivity index (χ2n) is 13.3. The largest absolute Gasteiger partial charge is 0.481 e. The Bertz CT molecular complexity index is 1920. The molecule has 0 saturated carbocycles. The number of hydrogen-bond acceptors (Lipinski definition) is 20. The zero-order valence-corrected chi connectivity index (χ0v) is 34.9. The average molecular weight is 926 g/mol. The predicted molar refractivity (Wildman–Crippen MR) is 199 cm³/mol.